The summed E-state index contributed by atoms with van der Waals surface area (Å²) in [5.74, 6) is 0. The maximum absolute atomic E-state index is 10.3. The van der Waals surface area contributed by atoms with Crippen LogP contribution < -0.4 is 0 Å². The predicted octanol–water partition coefficient (Wildman–Crippen LogP) is 3.81. The van der Waals surface area contributed by atoms with Crippen molar-refractivity contribution in [2.45, 2.75) is 123 Å². The minimum absolute atomic E-state index is 0.0935. The Hall–Kier alpha value is -0.290. The molecule has 29 heavy (non-hydrogen) atoms. The number of hydrogen-bond acceptors (Lipinski definition) is 7. The first-order chi connectivity index (χ1) is 13.5. The normalized spacial score (nSPS) is 14.9. The number of aliphatic hydroxyl groups is 3. The highest BCUT2D eigenvalue weighted by Gasteiger charge is 2.20. The van der Waals surface area contributed by atoms with Crippen LogP contribution in [0.2, 0.25) is 0 Å². The lowest BCUT2D eigenvalue weighted by molar-refractivity contribution is -0.159. The highest BCUT2D eigenvalue weighted by Crippen LogP contribution is 2.12. The van der Waals surface area contributed by atoms with Crippen LogP contribution in [0.15, 0.2) is 0 Å². The van der Waals surface area contributed by atoms with Crippen LogP contribution in [0.4, 0.5) is 0 Å². The number of aliphatic hydroxyl groups excluding tert-OH is 3. The highest BCUT2D eigenvalue weighted by molar-refractivity contribution is 7.80. The Morgan fingerprint density at radius 2 is 1.00 bits per heavy atom. The summed E-state index contributed by atoms with van der Waals surface area (Å²) >= 11 is 0. The second-order valence-corrected chi connectivity index (χ2v) is 8.57. The molecule has 4 N–H and O–H groups in total. The van der Waals surface area contributed by atoms with Gasteiger partial charge in [-0.15, -0.1) is 0 Å². The first kappa shape index (κ1) is 30.9. The van der Waals surface area contributed by atoms with Crippen LogP contribution in [0.3, 0.4) is 0 Å². The van der Waals surface area contributed by atoms with Gasteiger partial charge in [-0.3, -0.25) is 4.55 Å². The number of hydrogen-bond donors (Lipinski definition) is 4. The minimum atomic E-state index is -4.24. The average Bonchev–Trinajstić information content (AvgIpc) is 2.57. The van der Waals surface area contributed by atoms with Crippen LogP contribution >= 0.6 is 0 Å². The predicted molar refractivity (Wildman–Crippen MR) is 115 cm³/mol. The van der Waals surface area contributed by atoms with Crippen molar-refractivity contribution in [3.05, 3.63) is 0 Å². The van der Waals surface area contributed by atoms with Gasteiger partial charge in [0.15, 0.2) is 0 Å². The van der Waals surface area contributed by atoms with Gasteiger partial charge in [0.2, 0.25) is 0 Å². The second-order valence-electron chi connectivity index (χ2n) is 7.48. The molecule has 8 nitrogen and oxygen atoms in total. The van der Waals surface area contributed by atoms with E-state index in [4.69, 9.17) is 19.9 Å². The fourth-order valence-electron chi connectivity index (χ4n) is 3.04. The van der Waals surface area contributed by atoms with Crippen molar-refractivity contribution in [1.29, 1.82) is 0 Å². The number of nitrogens with zero attached hydrogens (tertiary/aromatic N) is 1. The molecule has 9 heteroatoms. The van der Waals surface area contributed by atoms with E-state index < -0.39 is 29.1 Å². The molecule has 0 saturated carbocycles. The lowest BCUT2D eigenvalue weighted by Gasteiger charge is -2.30. The standard InChI is InChI=1S/C14H30O4S.C6H15NO3/c1-2-3-4-5-6-7-8-9-10-11-12-13-14-18-19(15,16)17;1-4(8)7(5(2)9)6(3)10/h2-14H2,1H3,(H,15,16,17);4-6,8-10H,1-3H3. The Morgan fingerprint density at radius 3 is 1.24 bits per heavy atom. The largest absolute Gasteiger partial charge is 0.397 e. The van der Waals surface area contributed by atoms with Crippen molar-refractivity contribution in [3.8, 4) is 0 Å². The van der Waals surface area contributed by atoms with Crippen molar-refractivity contribution in [2.75, 3.05) is 6.61 Å². The van der Waals surface area contributed by atoms with Crippen LogP contribution in [0, 0.1) is 0 Å². The van der Waals surface area contributed by atoms with E-state index in [-0.39, 0.29) is 6.61 Å². The molecule has 0 aliphatic rings. The van der Waals surface area contributed by atoms with Crippen molar-refractivity contribution in [1.82, 2.24) is 4.90 Å². The third kappa shape index (κ3) is 23.9. The zero-order chi connectivity index (χ0) is 22.7. The van der Waals surface area contributed by atoms with E-state index in [0.29, 0.717) is 6.42 Å². The molecule has 0 aromatic heterocycles. The molecule has 0 aromatic carbocycles. The Bertz CT molecular complexity index is 423. The van der Waals surface area contributed by atoms with Crippen LogP contribution in [0.25, 0.3) is 0 Å². The minimum Gasteiger partial charge on any atom is -0.379 e. The Morgan fingerprint density at radius 1 is 0.690 bits per heavy atom. The zero-order valence-electron chi connectivity index (χ0n) is 18.8. The van der Waals surface area contributed by atoms with Crippen LogP contribution in [0.1, 0.15) is 105 Å². The molecule has 3 unspecified atom stereocenters. The van der Waals surface area contributed by atoms with Gasteiger partial charge in [-0.05, 0) is 27.2 Å². The summed E-state index contributed by atoms with van der Waals surface area (Å²) in [7, 11) is -4.24. The molecule has 0 fully saturated rings. The molecule has 0 aliphatic carbocycles. The molecule has 0 rings (SSSR count). The summed E-state index contributed by atoms with van der Waals surface area (Å²) in [4.78, 5) is 1.17. The number of rotatable bonds is 17. The van der Waals surface area contributed by atoms with E-state index in [1.54, 1.807) is 0 Å². The second kappa shape index (κ2) is 19.7. The van der Waals surface area contributed by atoms with Gasteiger partial charge in [0.1, 0.15) is 18.7 Å². The fraction of sp³-hybridized carbons (Fsp3) is 1.00. The van der Waals surface area contributed by atoms with Crippen molar-refractivity contribution >= 4 is 10.4 Å². The maximum Gasteiger partial charge on any atom is 0.397 e. The van der Waals surface area contributed by atoms with E-state index in [1.807, 2.05) is 0 Å². The van der Waals surface area contributed by atoms with Gasteiger partial charge < -0.3 is 15.3 Å². The monoisotopic (exact) mass is 443 g/mol. The molecule has 0 bridgehead atoms. The summed E-state index contributed by atoms with van der Waals surface area (Å²) in [5, 5.41) is 26.9. The van der Waals surface area contributed by atoms with Crippen molar-refractivity contribution < 1.29 is 32.5 Å². The van der Waals surface area contributed by atoms with E-state index >= 15 is 0 Å². The molecular weight excluding hydrogens is 398 g/mol. The number of unbranched alkanes of at least 4 members (excludes halogenated alkanes) is 11. The quantitative estimate of drug-likeness (QED) is 0.152. The fourth-order valence-corrected chi connectivity index (χ4v) is 3.37. The van der Waals surface area contributed by atoms with Crippen LogP contribution in [-0.4, -0.2) is 58.5 Å². The zero-order valence-corrected chi connectivity index (χ0v) is 19.6. The smallest absolute Gasteiger partial charge is 0.379 e. The molecule has 0 aliphatic heterocycles. The van der Waals surface area contributed by atoms with Crippen LogP contribution in [0.5, 0.6) is 0 Å². The van der Waals surface area contributed by atoms with Gasteiger partial charge in [-0.2, -0.15) is 8.42 Å². The van der Waals surface area contributed by atoms with Gasteiger partial charge in [0.05, 0.1) is 6.61 Å². The van der Waals surface area contributed by atoms with Gasteiger partial charge >= 0.3 is 10.4 Å². The summed E-state index contributed by atoms with van der Waals surface area (Å²) in [6.07, 6.45) is 12.2. The molecule has 178 valence electrons. The Kier molecular flexibility index (Phi) is 20.9. The molecular formula is C20H45NO7S. The van der Waals surface area contributed by atoms with Crippen molar-refractivity contribution in [2.24, 2.45) is 0 Å². The summed E-state index contributed by atoms with van der Waals surface area (Å²) in [6.45, 7) is 6.79. The highest BCUT2D eigenvalue weighted by atomic mass is 32.3. The SMILES string of the molecule is CC(O)N(C(C)O)C(C)O.CCCCCCCCCCCCCCOS(=O)(=O)O. The summed E-state index contributed by atoms with van der Waals surface area (Å²) in [5.41, 5.74) is 0. The van der Waals surface area contributed by atoms with E-state index in [2.05, 4.69) is 11.1 Å². The lowest BCUT2D eigenvalue weighted by atomic mass is 10.1. The van der Waals surface area contributed by atoms with Crippen LogP contribution in [-0.2, 0) is 14.6 Å². The van der Waals surface area contributed by atoms with Gasteiger partial charge in [-0.25, -0.2) is 9.08 Å². The molecule has 0 amide bonds. The Labute approximate surface area is 178 Å². The molecule has 0 saturated heterocycles. The molecule has 0 radical (unpaired) electrons. The molecule has 0 spiro atoms. The maximum atomic E-state index is 10.3. The van der Waals surface area contributed by atoms with E-state index in [9.17, 15) is 8.42 Å². The molecule has 0 aromatic rings. The summed E-state index contributed by atoms with van der Waals surface area (Å²) < 4.78 is 33.1. The molecule has 3 atom stereocenters. The van der Waals surface area contributed by atoms with Gasteiger partial charge in [0.25, 0.3) is 0 Å². The third-order valence-corrected chi connectivity index (χ3v) is 4.99. The molecule has 0 heterocycles. The third-order valence-electron chi connectivity index (χ3n) is 4.52. The van der Waals surface area contributed by atoms with Gasteiger partial charge in [-0.1, -0.05) is 77.6 Å². The lowest BCUT2D eigenvalue weighted by Crippen LogP contribution is -2.45. The van der Waals surface area contributed by atoms with Gasteiger partial charge in [0, 0.05) is 0 Å². The first-order valence-electron chi connectivity index (χ1n) is 11.0. The van der Waals surface area contributed by atoms with E-state index in [0.717, 1.165) is 12.8 Å². The van der Waals surface area contributed by atoms with Crippen molar-refractivity contribution in [3.63, 3.8) is 0 Å². The Balaban J connectivity index is 0. The summed E-state index contributed by atoms with van der Waals surface area (Å²) in [6, 6.07) is 0. The van der Waals surface area contributed by atoms with E-state index in [1.165, 1.54) is 83.5 Å². The topological polar surface area (TPSA) is 128 Å². The first-order valence-corrected chi connectivity index (χ1v) is 12.3. The average molecular weight is 444 g/mol.